The Hall–Kier alpha value is -4.79. The number of rotatable bonds is 6. The van der Waals surface area contributed by atoms with Crippen molar-refractivity contribution in [1.29, 1.82) is 0 Å². The molecule has 4 aromatic carbocycles. The highest BCUT2D eigenvalue weighted by molar-refractivity contribution is 7.07. The smallest absolute Gasteiger partial charge is 0.271 e. The fraction of sp³-hybridized carbons (Fsp3) is 0.118. The Kier molecular flexibility index (Phi) is 7.01. The van der Waals surface area contributed by atoms with Crippen molar-refractivity contribution in [2.75, 3.05) is 0 Å². The molecule has 0 saturated heterocycles. The summed E-state index contributed by atoms with van der Waals surface area (Å²) in [4.78, 5) is 30.9. The summed E-state index contributed by atoms with van der Waals surface area (Å²) in [5, 5.41) is 12.3. The second kappa shape index (κ2) is 11.1. The predicted molar refractivity (Wildman–Crippen MR) is 168 cm³/mol. The molecule has 7 rings (SSSR count). The number of hydrogen-bond acceptors (Lipinski definition) is 6. The molecular weight excluding hydrogens is 582 g/mol. The normalized spacial score (nSPS) is 15.7. The van der Waals surface area contributed by atoms with Crippen molar-refractivity contribution in [3.8, 4) is 5.75 Å². The van der Waals surface area contributed by atoms with Gasteiger partial charge in [-0.3, -0.25) is 19.5 Å². The van der Waals surface area contributed by atoms with Crippen LogP contribution in [0.15, 0.2) is 112 Å². The lowest BCUT2D eigenvalue weighted by molar-refractivity contribution is -0.384. The molecule has 1 aliphatic heterocycles. The number of hydrogen-bond donors (Lipinski definition) is 0. The van der Waals surface area contributed by atoms with Crippen LogP contribution in [0.2, 0.25) is 5.02 Å². The zero-order valence-corrected chi connectivity index (χ0v) is 24.3. The summed E-state index contributed by atoms with van der Waals surface area (Å²) in [5.41, 5.74) is 6.42. The highest BCUT2D eigenvalue weighted by Crippen LogP contribution is 2.41. The van der Waals surface area contributed by atoms with Crippen molar-refractivity contribution in [3.05, 3.63) is 165 Å². The topological polar surface area (TPSA) is 86.7 Å². The molecule has 1 atom stereocenters. The van der Waals surface area contributed by atoms with Crippen molar-refractivity contribution in [2.24, 2.45) is 4.99 Å². The molecule has 0 saturated carbocycles. The minimum atomic E-state index is -0.490. The highest BCUT2D eigenvalue weighted by Gasteiger charge is 2.33. The van der Waals surface area contributed by atoms with Gasteiger partial charge in [0, 0.05) is 22.7 Å². The Labute approximate surface area is 255 Å². The van der Waals surface area contributed by atoms with Gasteiger partial charge in [0.05, 0.1) is 21.2 Å². The number of thiazole rings is 1. The van der Waals surface area contributed by atoms with Crippen LogP contribution >= 0.6 is 22.9 Å². The number of benzene rings is 4. The number of ether oxygens (including phenoxy) is 1. The van der Waals surface area contributed by atoms with Crippen molar-refractivity contribution in [3.63, 3.8) is 0 Å². The van der Waals surface area contributed by atoms with Crippen molar-refractivity contribution < 1.29 is 9.66 Å². The summed E-state index contributed by atoms with van der Waals surface area (Å²) < 4.78 is 8.22. The fourth-order valence-electron chi connectivity index (χ4n) is 5.72. The minimum Gasteiger partial charge on any atom is -0.489 e. The van der Waals surface area contributed by atoms with Crippen molar-refractivity contribution in [2.45, 2.75) is 25.5 Å². The number of aryl methyl sites for hydroxylation is 1. The number of nitrogens with zero attached hydrogens (tertiary/aromatic N) is 3. The van der Waals surface area contributed by atoms with E-state index in [2.05, 4.69) is 12.1 Å². The Morgan fingerprint density at radius 2 is 1.81 bits per heavy atom. The van der Waals surface area contributed by atoms with Gasteiger partial charge < -0.3 is 4.74 Å². The second-order valence-corrected chi connectivity index (χ2v) is 11.9. The van der Waals surface area contributed by atoms with Crippen LogP contribution in [0.5, 0.6) is 5.75 Å². The second-order valence-electron chi connectivity index (χ2n) is 10.5. The van der Waals surface area contributed by atoms with Crippen LogP contribution in [0.25, 0.3) is 11.8 Å². The molecule has 2 heterocycles. The van der Waals surface area contributed by atoms with Crippen LogP contribution in [0.1, 0.15) is 40.3 Å². The molecule has 5 aromatic rings. The first-order valence-electron chi connectivity index (χ1n) is 13.8. The van der Waals surface area contributed by atoms with Gasteiger partial charge in [-0.25, -0.2) is 4.99 Å². The number of nitro benzene ring substituents is 1. The molecule has 0 radical (unpaired) electrons. The van der Waals surface area contributed by atoms with Gasteiger partial charge in [0.15, 0.2) is 4.80 Å². The lowest BCUT2D eigenvalue weighted by atomic mass is 9.83. The number of nitro groups is 1. The fourth-order valence-corrected chi connectivity index (χ4v) is 6.85. The van der Waals surface area contributed by atoms with E-state index in [1.165, 1.54) is 23.0 Å². The van der Waals surface area contributed by atoms with E-state index < -0.39 is 11.0 Å². The van der Waals surface area contributed by atoms with Gasteiger partial charge in [-0.2, -0.15) is 0 Å². The molecule has 0 spiro atoms. The quantitative estimate of drug-likeness (QED) is 0.164. The summed E-state index contributed by atoms with van der Waals surface area (Å²) in [7, 11) is 0. The molecule has 1 aliphatic carbocycles. The zero-order valence-electron chi connectivity index (χ0n) is 22.8. The number of non-ortho nitro benzene ring substituents is 1. The standard InChI is InChI=1S/C34H24ClN3O4S/c35-25-14-11-21(12-15-25)20-42-27-9-3-5-22(17-27)18-30-33(39)37-32(24-7-4-8-26(19-24)38(40)41)29-16-13-23-6-1-2-10-28(23)31(29)36-34(37)43-30/h1-12,14-15,17-19,32H,13,16,20H2/b30-18-/t32-/m0/s1. The van der Waals surface area contributed by atoms with E-state index in [9.17, 15) is 14.9 Å². The lowest BCUT2D eigenvalue weighted by Gasteiger charge is -2.30. The zero-order chi connectivity index (χ0) is 29.5. The first-order valence-corrected chi connectivity index (χ1v) is 15.0. The summed E-state index contributed by atoms with van der Waals surface area (Å²) in [6.45, 7) is 0.388. The Morgan fingerprint density at radius 1 is 1.00 bits per heavy atom. The van der Waals surface area contributed by atoms with E-state index >= 15 is 0 Å². The number of allylic oxidation sites excluding steroid dienone is 1. The van der Waals surface area contributed by atoms with E-state index in [1.807, 2.05) is 72.8 Å². The molecule has 0 N–H and O–H groups in total. The van der Waals surface area contributed by atoms with Gasteiger partial charge in [0.25, 0.3) is 11.2 Å². The molecule has 9 heteroatoms. The van der Waals surface area contributed by atoms with Crippen molar-refractivity contribution >= 4 is 40.4 Å². The first-order chi connectivity index (χ1) is 20.9. The third-order valence-electron chi connectivity index (χ3n) is 7.74. The largest absolute Gasteiger partial charge is 0.489 e. The SMILES string of the molecule is O=c1/c(=C/c2cccc(OCc3ccc(Cl)cc3)c2)sc2n1[C@@H](c1cccc([N+](=O)[O-])c1)C1=C(N=2)c2ccccc2CC1. The van der Waals surface area contributed by atoms with Gasteiger partial charge in [-0.15, -0.1) is 0 Å². The van der Waals surface area contributed by atoms with Crippen LogP contribution in [0, 0.1) is 10.1 Å². The molecule has 1 aromatic heterocycles. The monoisotopic (exact) mass is 605 g/mol. The molecule has 7 nitrogen and oxygen atoms in total. The molecule has 2 aliphatic rings. The predicted octanol–water partition coefficient (Wildman–Crippen LogP) is 6.46. The van der Waals surface area contributed by atoms with Gasteiger partial charge >= 0.3 is 0 Å². The van der Waals surface area contributed by atoms with Crippen LogP contribution < -0.4 is 19.6 Å². The summed E-state index contributed by atoms with van der Waals surface area (Å²) in [6.07, 6.45) is 3.36. The Morgan fingerprint density at radius 3 is 2.65 bits per heavy atom. The molecule has 43 heavy (non-hydrogen) atoms. The van der Waals surface area contributed by atoms with Gasteiger partial charge in [0.2, 0.25) is 0 Å². The van der Waals surface area contributed by atoms with Gasteiger partial charge in [0.1, 0.15) is 12.4 Å². The first kappa shape index (κ1) is 27.1. The van der Waals surface area contributed by atoms with E-state index in [0.717, 1.165) is 34.4 Å². The molecular formula is C34H24ClN3O4S. The van der Waals surface area contributed by atoms with Gasteiger partial charge in [-0.1, -0.05) is 83.6 Å². The average Bonchev–Trinajstić information content (AvgIpc) is 3.33. The minimum absolute atomic E-state index is 0.00889. The Bertz CT molecular complexity index is 2110. The lowest BCUT2D eigenvalue weighted by Crippen LogP contribution is -2.38. The highest BCUT2D eigenvalue weighted by atomic mass is 35.5. The molecule has 0 unspecified atom stereocenters. The maximum Gasteiger partial charge on any atom is 0.271 e. The molecule has 0 amide bonds. The number of aromatic nitrogens is 1. The van der Waals surface area contributed by atoms with Crippen LogP contribution in [-0.4, -0.2) is 9.49 Å². The average molecular weight is 606 g/mol. The molecule has 212 valence electrons. The summed E-state index contributed by atoms with van der Waals surface area (Å²) in [6, 6.07) is 29.3. The van der Waals surface area contributed by atoms with Crippen LogP contribution in [0.4, 0.5) is 5.69 Å². The summed E-state index contributed by atoms with van der Waals surface area (Å²) in [5.74, 6) is 0.679. The van der Waals surface area contributed by atoms with E-state index in [1.54, 1.807) is 16.7 Å². The van der Waals surface area contributed by atoms with Crippen LogP contribution in [-0.2, 0) is 13.0 Å². The van der Waals surface area contributed by atoms with Gasteiger partial charge in [-0.05, 0) is 71.0 Å². The van der Waals surface area contributed by atoms with Crippen LogP contribution in [0.3, 0.4) is 0 Å². The maximum absolute atomic E-state index is 14.0. The third-order valence-corrected chi connectivity index (χ3v) is 8.98. The van der Waals surface area contributed by atoms with E-state index in [4.69, 9.17) is 21.3 Å². The number of fused-ring (bicyclic) bond motifs is 3. The third kappa shape index (κ3) is 5.20. The molecule has 0 fully saturated rings. The van der Waals surface area contributed by atoms with E-state index in [-0.39, 0.29) is 11.2 Å². The maximum atomic E-state index is 14.0. The molecule has 0 bridgehead atoms. The Balaban J connectivity index is 1.32. The number of halogens is 1. The summed E-state index contributed by atoms with van der Waals surface area (Å²) >= 11 is 7.31. The van der Waals surface area contributed by atoms with Crippen molar-refractivity contribution in [1.82, 2.24) is 4.57 Å². The van der Waals surface area contributed by atoms with E-state index in [0.29, 0.717) is 38.7 Å².